The van der Waals surface area contributed by atoms with Gasteiger partial charge in [-0.3, -0.25) is 4.79 Å². The van der Waals surface area contributed by atoms with E-state index in [1.54, 1.807) is 12.5 Å². The van der Waals surface area contributed by atoms with Crippen molar-refractivity contribution in [1.82, 2.24) is 0 Å². The first kappa shape index (κ1) is 18.4. The Morgan fingerprint density at radius 3 is 2.83 bits per heavy atom. The summed E-state index contributed by atoms with van der Waals surface area (Å²) in [7, 11) is 0. The molecule has 7 nitrogen and oxygen atoms in total. The number of carbonyl (C=O) groups excluding carboxylic acids is 1. The summed E-state index contributed by atoms with van der Waals surface area (Å²) in [5.41, 5.74) is -0.373. The van der Waals surface area contributed by atoms with Crippen LogP contribution < -0.4 is 0 Å². The fraction of sp³-hybridized carbons (Fsp3) is 0.773. The van der Waals surface area contributed by atoms with Crippen molar-refractivity contribution in [1.29, 1.82) is 0 Å². The van der Waals surface area contributed by atoms with Crippen molar-refractivity contribution in [2.75, 3.05) is 13.2 Å². The molecule has 0 unspecified atom stereocenters. The molecule has 3 saturated heterocycles. The Hall–Kier alpha value is -1.41. The van der Waals surface area contributed by atoms with E-state index in [-0.39, 0.29) is 41.7 Å². The zero-order valence-electron chi connectivity index (χ0n) is 16.8. The number of epoxide rings is 1. The smallest absolute Gasteiger partial charge is 0.303 e. The van der Waals surface area contributed by atoms with E-state index >= 15 is 0 Å². The number of aliphatic hydroxyl groups excluding tert-OH is 1. The summed E-state index contributed by atoms with van der Waals surface area (Å²) in [5.74, 6) is 0.143. The average Bonchev–Trinajstić information content (AvgIpc) is 3.13. The van der Waals surface area contributed by atoms with Crippen LogP contribution in [0.15, 0.2) is 23.0 Å². The van der Waals surface area contributed by atoms with Crippen molar-refractivity contribution in [2.45, 2.75) is 69.7 Å². The van der Waals surface area contributed by atoms with E-state index in [1.807, 2.05) is 6.07 Å². The Balaban J connectivity index is 1.43. The Morgan fingerprint density at radius 1 is 1.31 bits per heavy atom. The molecule has 3 aliphatic heterocycles. The second-order valence-electron chi connectivity index (χ2n) is 9.74. The molecular formula is C22H28O7. The fourth-order valence-electron chi connectivity index (χ4n) is 7.52. The number of ether oxygens (including phenoxy) is 4. The minimum atomic E-state index is -0.646. The predicted molar refractivity (Wildman–Crippen MR) is 98.5 cm³/mol. The number of hydrogen-bond acceptors (Lipinski definition) is 7. The van der Waals surface area contributed by atoms with Crippen LogP contribution in [-0.4, -0.2) is 48.4 Å². The molecular weight excluding hydrogens is 376 g/mol. The molecule has 1 aromatic rings. The summed E-state index contributed by atoms with van der Waals surface area (Å²) in [6, 6.07) is 1.96. The van der Waals surface area contributed by atoms with Gasteiger partial charge in [0.15, 0.2) is 6.29 Å². The van der Waals surface area contributed by atoms with Crippen LogP contribution in [0.4, 0.5) is 0 Å². The zero-order valence-corrected chi connectivity index (χ0v) is 16.8. The van der Waals surface area contributed by atoms with Gasteiger partial charge in [-0.1, -0.05) is 6.92 Å². The van der Waals surface area contributed by atoms with Gasteiger partial charge in [0, 0.05) is 17.9 Å². The normalized spacial score (nSPS) is 52.7. The lowest BCUT2D eigenvalue weighted by molar-refractivity contribution is -0.340. The van der Waals surface area contributed by atoms with Crippen molar-refractivity contribution in [3.63, 3.8) is 0 Å². The molecule has 4 heterocycles. The number of furan rings is 1. The second-order valence-corrected chi connectivity index (χ2v) is 9.74. The van der Waals surface area contributed by atoms with Gasteiger partial charge in [0.25, 0.3) is 0 Å². The van der Waals surface area contributed by atoms with E-state index in [0.29, 0.717) is 19.6 Å². The first-order chi connectivity index (χ1) is 13.9. The summed E-state index contributed by atoms with van der Waals surface area (Å²) in [6.07, 6.45) is 5.29. The quantitative estimate of drug-likeness (QED) is 0.598. The number of hydrogen-bond donors (Lipinski definition) is 1. The highest BCUT2D eigenvalue weighted by Gasteiger charge is 2.82. The largest absolute Gasteiger partial charge is 0.472 e. The minimum absolute atomic E-state index is 0.0745. The number of rotatable bonds is 2. The lowest BCUT2D eigenvalue weighted by Crippen LogP contribution is -2.74. The van der Waals surface area contributed by atoms with Crippen molar-refractivity contribution >= 4 is 5.97 Å². The van der Waals surface area contributed by atoms with Crippen molar-refractivity contribution in [3.05, 3.63) is 24.2 Å². The molecule has 6 rings (SSSR count). The van der Waals surface area contributed by atoms with Crippen LogP contribution in [0.3, 0.4) is 0 Å². The number of esters is 1. The van der Waals surface area contributed by atoms with E-state index in [0.717, 1.165) is 24.8 Å². The van der Waals surface area contributed by atoms with E-state index < -0.39 is 17.1 Å². The van der Waals surface area contributed by atoms with Gasteiger partial charge in [-0.15, -0.1) is 0 Å². The van der Waals surface area contributed by atoms with Crippen LogP contribution in [0, 0.1) is 22.7 Å². The molecule has 9 atom stereocenters. The Morgan fingerprint density at radius 2 is 2.14 bits per heavy atom. The minimum Gasteiger partial charge on any atom is -0.472 e. The third kappa shape index (κ3) is 2.10. The number of aliphatic hydroxyl groups is 1. The van der Waals surface area contributed by atoms with Gasteiger partial charge in [-0.25, -0.2) is 0 Å². The molecule has 158 valence electrons. The van der Waals surface area contributed by atoms with Crippen LogP contribution in [0.25, 0.3) is 0 Å². The van der Waals surface area contributed by atoms with Gasteiger partial charge < -0.3 is 28.5 Å². The summed E-state index contributed by atoms with van der Waals surface area (Å²) in [4.78, 5) is 11.7. The highest BCUT2D eigenvalue weighted by atomic mass is 16.7. The van der Waals surface area contributed by atoms with E-state index in [1.165, 1.54) is 6.92 Å². The van der Waals surface area contributed by atoms with Gasteiger partial charge in [0.2, 0.25) is 0 Å². The van der Waals surface area contributed by atoms with Crippen LogP contribution in [-0.2, 0) is 23.7 Å². The standard InChI is InChI=1S/C22H28O7/c1-12-7-17(24)21-10-26-19-20(12,8-15(29-19)14-5-6-25-9-14)16(21)3-4-18(28-13(2)23)22(21)11-27-22/h5-6,9,12,15-19,24H,3-4,7-8,10-11H2,1-2H3/t12-,15+,16-,17-,18+,19+,20-,21+,22-/m1/s1. The van der Waals surface area contributed by atoms with Crippen LogP contribution >= 0.6 is 0 Å². The van der Waals surface area contributed by atoms with Gasteiger partial charge in [-0.05, 0) is 43.6 Å². The molecule has 5 fully saturated rings. The first-order valence-corrected chi connectivity index (χ1v) is 10.7. The summed E-state index contributed by atoms with van der Waals surface area (Å²) in [6.45, 7) is 4.53. The molecule has 5 aliphatic rings. The maximum Gasteiger partial charge on any atom is 0.303 e. The Labute approximate surface area is 169 Å². The highest BCUT2D eigenvalue weighted by molar-refractivity contribution is 5.66. The molecule has 2 aliphatic carbocycles. The van der Waals surface area contributed by atoms with E-state index in [9.17, 15) is 9.90 Å². The Bertz CT molecular complexity index is 817. The molecule has 2 spiro atoms. The van der Waals surface area contributed by atoms with Crippen molar-refractivity contribution < 1.29 is 33.3 Å². The topological polar surface area (TPSA) is 90.7 Å². The zero-order chi connectivity index (χ0) is 20.0. The molecule has 0 radical (unpaired) electrons. The molecule has 29 heavy (non-hydrogen) atoms. The molecule has 1 aromatic heterocycles. The van der Waals surface area contributed by atoms with Gasteiger partial charge in [0.1, 0.15) is 11.7 Å². The van der Waals surface area contributed by atoms with Crippen molar-refractivity contribution in [3.8, 4) is 0 Å². The van der Waals surface area contributed by atoms with E-state index in [2.05, 4.69) is 6.92 Å². The summed E-state index contributed by atoms with van der Waals surface area (Å²) >= 11 is 0. The third-order valence-electron chi connectivity index (χ3n) is 8.80. The predicted octanol–water partition coefficient (Wildman–Crippen LogP) is 2.58. The maximum absolute atomic E-state index is 11.7. The SMILES string of the molecule is CC(=O)O[C@H]1CC[C@@H]2[C@]34C[C@@H](c5ccoc5)O[C@@H]3OC[C@]2([C@H](O)C[C@H]4C)[C@@]12CO2. The lowest BCUT2D eigenvalue weighted by atomic mass is 9.41. The van der Waals surface area contributed by atoms with Gasteiger partial charge in [0.05, 0.1) is 43.4 Å². The Kier molecular flexibility index (Phi) is 3.70. The summed E-state index contributed by atoms with van der Waals surface area (Å²) in [5, 5.41) is 11.4. The van der Waals surface area contributed by atoms with Gasteiger partial charge >= 0.3 is 5.97 Å². The molecule has 7 heteroatoms. The molecule has 1 N–H and O–H groups in total. The molecule has 0 amide bonds. The van der Waals surface area contributed by atoms with Crippen molar-refractivity contribution in [2.24, 2.45) is 22.7 Å². The lowest BCUT2D eigenvalue weighted by Gasteiger charge is -2.67. The van der Waals surface area contributed by atoms with Crippen LogP contribution in [0.1, 0.15) is 51.2 Å². The van der Waals surface area contributed by atoms with Crippen LogP contribution in [0.2, 0.25) is 0 Å². The fourth-order valence-corrected chi connectivity index (χ4v) is 7.52. The van der Waals surface area contributed by atoms with E-state index in [4.69, 9.17) is 23.4 Å². The monoisotopic (exact) mass is 404 g/mol. The average molecular weight is 404 g/mol. The highest BCUT2D eigenvalue weighted by Crippen LogP contribution is 2.74. The third-order valence-corrected chi connectivity index (χ3v) is 8.80. The first-order valence-electron chi connectivity index (χ1n) is 10.7. The van der Waals surface area contributed by atoms with Gasteiger partial charge in [-0.2, -0.15) is 0 Å². The second kappa shape index (κ2) is 5.84. The molecule has 2 bridgehead atoms. The van der Waals surface area contributed by atoms with Crippen LogP contribution in [0.5, 0.6) is 0 Å². The molecule has 2 saturated carbocycles. The maximum atomic E-state index is 11.7. The number of carbonyl (C=O) groups is 1. The summed E-state index contributed by atoms with van der Waals surface area (Å²) < 4.78 is 29.9. The molecule has 0 aromatic carbocycles.